The number of aromatic nitrogens is 2. The number of hydrogen-bond acceptors (Lipinski definition) is 6. The summed E-state index contributed by atoms with van der Waals surface area (Å²) in [5.41, 5.74) is 4.64. The maximum Gasteiger partial charge on any atom is 0.264 e. The third-order valence-electron chi connectivity index (χ3n) is 3.82. The topological polar surface area (TPSA) is 64.1 Å². The van der Waals surface area contributed by atoms with Crippen molar-refractivity contribution in [2.75, 3.05) is 11.9 Å². The fraction of sp³-hybridized carbons (Fsp3) is 0.250. The molecule has 27 heavy (non-hydrogen) atoms. The first-order valence-corrected chi connectivity index (χ1v) is 10.3. The van der Waals surface area contributed by atoms with Crippen molar-refractivity contribution in [2.45, 2.75) is 30.9 Å². The molecule has 3 rings (SSSR count). The molecule has 0 spiro atoms. The van der Waals surface area contributed by atoms with Crippen molar-refractivity contribution >= 4 is 34.1 Å². The highest BCUT2D eigenvalue weighted by atomic mass is 32.2. The molecule has 7 heteroatoms. The molecule has 0 atom stereocenters. The van der Waals surface area contributed by atoms with Gasteiger partial charge in [-0.1, -0.05) is 70.6 Å². The molecule has 0 unspecified atom stereocenters. The maximum absolute atomic E-state index is 12.1. The van der Waals surface area contributed by atoms with E-state index in [0.717, 1.165) is 21.2 Å². The van der Waals surface area contributed by atoms with E-state index in [2.05, 4.69) is 46.7 Å². The predicted molar refractivity (Wildman–Crippen MR) is 111 cm³/mol. The Labute approximate surface area is 167 Å². The second-order valence-corrected chi connectivity index (χ2v) is 8.45. The van der Waals surface area contributed by atoms with E-state index < -0.39 is 0 Å². The number of ether oxygens (including phenoxy) is 1. The van der Waals surface area contributed by atoms with Gasteiger partial charge in [0.15, 0.2) is 10.9 Å². The first-order chi connectivity index (χ1) is 13.0. The summed E-state index contributed by atoms with van der Waals surface area (Å²) in [6.45, 7) is 5.99. The highest BCUT2D eigenvalue weighted by Gasteiger charge is 2.10. The van der Waals surface area contributed by atoms with E-state index in [1.165, 1.54) is 22.5 Å². The van der Waals surface area contributed by atoms with E-state index in [9.17, 15) is 4.79 Å². The molecule has 0 saturated heterocycles. The maximum atomic E-state index is 12.1. The highest BCUT2D eigenvalue weighted by molar-refractivity contribution is 8.00. The van der Waals surface area contributed by atoms with E-state index in [0.29, 0.717) is 10.9 Å². The smallest absolute Gasteiger partial charge is 0.264 e. The summed E-state index contributed by atoms with van der Waals surface area (Å²) >= 11 is 2.97. The van der Waals surface area contributed by atoms with Crippen molar-refractivity contribution in [3.63, 3.8) is 0 Å². The van der Waals surface area contributed by atoms with E-state index >= 15 is 0 Å². The summed E-state index contributed by atoms with van der Waals surface area (Å²) in [7, 11) is 0. The van der Waals surface area contributed by atoms with Gasteiger partial charge in [-0.25, -0.2) is 0 Å². The average Bonchev–Trinajstić information content (AvgIpc) is 3.08. The number of aryl methyl sites for hydroxylation is 3. The van der Waals surface area contributed by atoms with Crippen LogP contribution in [0.25, 0.3) is 0 Å². The molecule has 0 aliphatic heterocycles. The largest absolute Gasteiger partial charge is 0.483 e. The fourth-order valence-electron chi connectivity index (χ4n) is 2.41. The number of carbonyl (C=O) groups excluding carboxylic acids is 1. The number of carbonyl (C=O) groups is 1. The zero-order chi connectivity index (χ0) is 19.2. The van der Waals surface area contributed by atoms with Crippen molar-refractivity contribution in [1.29, 1.82) is 0 Å². The van der Waals surface area contributed by atoms with Crippen LogP contribution in [0.2, 0.25) is 0 Å². The van der Waals surface area contributed by atoms with Crippen LogP contribution in [0.1, 0.15) is 22.3 Å². The summed E-state index contributed by atoms with van der Waals surface area (Å²) in [4.78, 5) is 12.1. The molecule has 0 aliphatic rings. The number of hydrogen-bond donors (Lipinski definition) is 1. The number of thioether (sulfide) groups is 1. The molecule has 5 nitrogen and oxygen atoms in total. The second kappa shape index (κ2) is 9.01. The summed E-state index contributed by atoms with van der Waals surface area (Å²) in [5.74, 6) is 1.28. The van der Waals surface area contributed by atoms with Crippen LogP contribution >= 0.6 is 23.1 Å². The predicted octanol–water partition coefficient (Wildman–Crippen LogP) is 4.77. The lowest BCUT2D eigenvalue weighted by Gasteiger charge is -2.09. The van der Waals surface area contributed by atoms with Crippen LogP contribution in [0, 0.1) is 20.8 Å². The Kier molecular flexibility index (Phi) is 6.47. The van der Waals surface area contributed by atoms with Crippen LogP contribution in [-0.2, 0) is 10.5 Å². The minimum absolute atomic E-state index is 0.0602. The van der Waals surface area contributed by atoms with E-state index in [1.54, 1.807) is 11.8 Å². The molecule has 1 amide bonds. The van der Waals surface area contributed by atoms with Gasteiger partial charge in [-0.2, -0.15) is 0 Å². The number of rotatable bonds is 7. The quantitative estimate of drug-likeness (QED) is 0.458. The van der Waals surface area contributed by atoms with Gasteiger partial charge < -0.3 is 4.74 Å². The molecule has 1 N–H and O–H groups in total. The van der Waals surface area contributed by atoms with Gasteiger partial charge in [-0.15, -0.1) is 10.2 Å². The average molecular weight is 400 g/mol. The number of nitrogens with zero attached hydrogens (tertiary/aromatic N) is 2. The van der Waals surface area contributed by atoms with E-state index in [-0.39, 0.29) is 12.5 Å². The Balaban J connectivity index is 1.48. The molecular weight excluding hydrogens is 378 g/mol. The lowest BCUT2D eigenvalue weighted by atomic mass is 10.1. The van der Waals surface area contributed by atoms with Gasteiger partial charge in [-0.3, -0.25) is 10.1 Å². The van der Waals surface area contributed by atoms with E-state index in [1.807, 2.05) is 32.0 Å². The molecule has 0 aliphatic carbocycles. The molecule has 0 saturated carbocycles. The van der Waals surface area contributed by atoms with Gasteiger partial charge in [0.1, 0.15) is 5.75 Å². The van der Waals surface area contributed by atoms with Crippen LogP contribution in [0.3, 0.4) is 0 Å². The lowest BCUT2D eigenvalue weighted by molar-refractivity contribution is -0.118. The minimum atomic E-state index is -0.249. The fourth-order valence-corrected chi connectivity index (χ4v) is 4.13. The zero-order valence-electron chi connectivity index (χ0n) is 15.5. The third kappa shape index (κ3) is 5.80. The summed E-state index contributed by atoms with van der Waals surface area (Å²) < 4.78 is 6.41. The highest BCUT2D eigenvalue weighted by Crippen LogP contribution is 2.28. The zero-order valence-corrected chi connectivity index (χ0v) is 17.1. The standard InChI is InChI=1S/C20H21N3O2S2/c1-13-4-7-16(8-5-13)12-26-20-23-22-19(27-20)21-18(24)11-25-17-9-6-14(2)10-15(17)3/h4-10H,11-12H2,1-3H3,(H,21,22,24). The van der Waals surface area contributed by atoms with E-state index in [4.69, 9.17) is 4.74 Å². The SMILES string of the molecule is Cc1ccc(CSc2nnc(NC(=O)COc3ccc(C)cc3C)s2)cc1. The first kappa shape index (κ1) is 19.4. The molecule has 0 bridgehead atoms. The van der Waals surface area contributed by atoms with Crippen molar-refractivity contribution < 1.29 is 9.53 Å². The number of anilines is 1. The van der Waals surface area contributed by atoms with Crippen molar-refractivity contribution in [1.82, 2.24) is 10.2 Å². The molecule has 0 fully saturated rings. The van der Waals surface area contributed by atoms with Crippen LogP contribution in [0.5, 0.6) is 5.75 Å². The van der Waals surface area contributed by atoms with Crippen LogP contribution in [0.4, 0.5) is 5.13 Å². The Bertz CT molecular complexity index is 923. The lowest BCUT2D eigenvalue weighted by Crippen LogP contribution is -2.20. The Morgan fingerprint density at radius 3 is 2.56 bits per heavy atom. The van der Waals surface area contributed by atoms with Crippen LogP contribution in [-0.4, -0.2) is 22.7 Å². The summed E-state index contributed by atoms with van der Waals surface area (Å²) in [5, 5.41) is 11.4. The Hall–Kier alpha value is -2.38. The van der Waals surface area contributed by atoms with Gasteiger partial charge in [-0.05, 0) is 38.0 Å². The molecule has 2 aromatic carbocycles. The number of benzene rings is 2. The minimum Gasteiger partial charge on any atom is -0.483 e. The Morgan fingerprint density at radius 1 is 1.07 bits per heavy atom. The monoisotopic (exact) mass is 399 g/mol. The van der Waals surface area contributed by atoms with Crippen molar-refractivity contribution in [2.24, 2.45) is 0 Å². The normalized spacial score (nSPS) is 10.6. The second-order valence-electron chi connectivity index (χ2n) is 6.25. The first-order valence-electron chi connectivity index (χ1n) is 8.51. The molecule has 140 valence electrons. The summed E-state index contributed by atoms with van der Waals surface area (Å²) in [6.07, 6.45) is 0. The van der Waals surface area contributed by atoms with Gasteiger partial charge in [0.05, 0.1) is 0 Å². The summed E-state index contributed by atoms with van der Waals surface area (Å²) in [6, 6.07) is 14.3. The Morgan fingerprint density at radius 2 is 1.81 bits per heavy atom. The van der Waals surface area contributed by atoms with Gasteiger partial charge >= 0.3 is 0 Å². The molecule has 1 heterocycles. The van der Waals surface area contributed by atoms with Crippen LogP contribution < -0.4 is 10.1 Å². The number of nitrogens with one attached hydrogen (secondary N) is 1. The van der Waals surface area contributed by atoms with Gasteiger partial charge in [0.25, 0.3) is 5.91 Å². The van der Waals surface area contributed by atoms with Gasteiger partial charge in [0.2, 0.25) is 5.13 Å². The third-order valence-corrected chi connectivity index (χ3v) is 5.87. The number of amides is 1. The molecule has 1 aromatic heterocycles. The molecule has 3 aromatic rings. The molecule has 0 radical (unpaired) electrons. The molecular formula is C20H21N3O2S2. The van der Waals surface area contributed by atoms with Crippen molar-refractivity contribution in [3.8, 4) is 5.75 Å². The van der Waals surface area contributed by atoms with Gasteiger partial charge in [0, 0.05) is 5.75 Å². The van der Waals surface area contributed by atoms with Crippen molar-refractivity contribution in [3.05, 3.63) is 64.7 Å². The van der Waals surface area contributed by atoms with Crippen LogP contribution in [0.15, 0.2) is 46.8 Å².